The largest absolute Gasteiger partial charge is 0.450 e. The minimum Gasteiger partial charge on any atom is -0.450 e. The van der Waals surface area contributed by atoms with Gasteiger partial charge in [-0.3, -0.25) is 4.79 Å². The molecular formula is C13H16BrNO3. The van der Waals surface area contributed by atoms with Crippen LogP contribution in [-0.4, -0.2) is 25.7 Å². The van der Waals surface area contributed by atoms with E-state index in [1.165, 1.54) is 6.08 Å². The van der Waals surface area contributed by atoms with Crippen LogP contribution in [0.4, 0.5) is 0 Å². The molecule has 1 amide bonds. The van der Waals surface area contributed by atoms with Crippen LogP contribution < -0.4 is 5.32 Å². The monoisotopic (exact) mass is 313 g/mol. The van der Waals surface area contributed by atoms with E-state index in [4.69, 9.17) is 9.15 Å². The van der Waals surface area contributed by atoms with Crippen LogP contribution in [-0.2, 0) is 9.53 Å². The number of hydrogen-bond donors (Lipinski definition) is 1. The van der Waals surface area contributed by atoms with Crippen molar-refractivity contribution in [2.24, 2.45) is 0 Å². The molecule has 0 spiro atoms. The summed E-state index contributed by atoms with van der Waals surface area (Å²) < 4.78 is 11.1. The van der Waals surface area contributed by atoms with Gasteiger partial charge >= 0.3 is 0 Å². The lowest BCUT2D eigenvalue weighted by Gasteiger charge is -2.03. The number of hydrogen-bond acceptors (Lipinski definition) is 3. The summed E-state index contributed by atoms with van der Waals surface area (Å²) in [6, 6.07) is 3.53. The van der Waals surface area contributed by atoms with Crippen molar-refractivity contribution in [3.63, 3.8) is 0 Å². The van der Waals surface area contributed by atoms with Crippen LogP contribution in [0.15, 0.2) is 39.4 Å². The minimum absolute atomic E-state index is 0.179. The van der Waals surface area contributed by atoms with Crippen LogP contribution in [0.3, 0.4) is 0 Å². The minimum atomic E-state index is -0.179. The second-order valence-corrected chi connectivity index (χ2v) is 4.56. The highest BCUT2D eigenvalue weighted by molar-refractivity contribution is 9.10. The van der Waals surface area contributed by atoms with Crippen LogP contribution in [0, 0.1) is 0 Å². The van der Waals surface area contributed by atoms with Crippen molar-refractivity contribution in [2.45, 2.75) is 6.92 Å². The highest BCUT2D eigenvalue weighted by Gasteiger charge is 1.97. The van der Waals surface area contributed by atoms with Crippen LogP contribution in [0.2, 0.25) is 0 Å². The van der Waals surface area contributed by atoms with E-state index in [-0.39, 0.29) is 5.91 Å². The smallest absolute Gasteiger partial charge is 0.244 e. The van der Waals surface area contributed by atoms with Gasteiger partial charge in [-0.1, -0.05) is 12.2 Å². The number of ether oxygens (including phenoxy) is 1. The topological polar surface area (TPSA) is 51.5 Å². The maximum Gasteiger partial charge on any atom is 0.244 e. The molecule has 0 aliphatic heterocycles. The lowest BCUT2D eigenvalue weighted by molar-refractivity contribution is -0.116. The molecule has 0 bridgehead atoms. The lowest BCUT2D eigenvalue weighted by Crippen LogP contribution is -2.25. The molecule has 0 unspecified atom stereocenters. The molecule has 98 valence electrons. The quantitative estimate of drug-likeness (QED) is 0.478. The second-order valence-electron chi connectivity index (χ2n) is 3.78. The van der Waals surface area contributed by atoms with Crippen molar-refractivity contribution in [1.29, 1.82) is 0 Å². The van der Waals surface area contributed by atoms with Crippen molar-refractivity contribution in [1.82, 2.24) is 5.32 Å². The van der Waals surface area contributed by atoms with Crippen LogP contribution in [0.5, 0.6) is 0 Å². The van der Waals surface area contributed by atoms with E-state index >= 15 is 0 Å². The van der Waals surface area contributed by atoms with E-state index in [2.05, 4.69) is 27.8 Å². The van der Waals surface area contributed by atoms with E-state index in [0.717, 1.165) is 5.57 Å². The number of rotatable bonds is 7. The summed E-state index contributed by atoms with van der Waals surface area (Å²) >= 11 is 3.19. The Morgan fingerprint density at radius 2 is 2.39 bits per heavy atom. The summed E-state index contributed by atoms with van der Waals surface area (Å²) in [5, 5.41) is 2.70. The molecule has 0 saturated heterocycles. The van der Waals surface area contributed by atoms with Gasteiger partial charge in [0.1, 0.15) is 5.76 Å². The van der Waals surface area contributed by atoms with E-state index in [9.17, 15) is 4.79 Å². The van der Waals surface area contributed by atoms with Crippen molar-refractivity contribution in [3.8, 4) is 0 Å². The molecule has 0 aliphatic carbocycles. The van der Waals surface area contributed by atoms with Gasteiger partial charge in [0.25, 0.3) is 0 Å². The van der Waals surface area contributed by atoms with Crippen molar-refractivity contribution >= 4 is 27.9 Å². The van der Waals surface area contributed by atoms with Crippen LogP contribution in [0.1, 0.15) is 12.7 Å². The second kappa shape index (κ2) is 7.89. The van der Waals surface area contributed by atoms with Gasteiger partial charge < -0.3 is 14.5 Å². The summed E-state index contributed by atoms with van der Waals surface area (Å²) in [4.78, 5) is 11.4. The highest BCUT2D eigenvalue weighted by Crippen LogP contribution is 2.14. The average Bonchev–Trinajstić information content (AvgIpc) is 2.71. The van der Waals surface area contributed by atoms with E-state index in [1.54, 1.807) is 18.2 Å². The molecule has 0 aromatic carbocycles. The zero-order chi connectivity index (χ0) is 13.4. The van der Waals surface area contributed by atoms with Crippen molar-refractivity contribution < 1.29 is 13.9 Å². The molecule has 5 heteroatoms. The maximum absolute atomic E-state index is 11.4. The molecule has 0 atom stereocenters. The first-order valence-electron chi connectivity index (χ1n) is 5.51. The summed E-state index contributed by atoms with van der Waals surface area (Å²) in [6.07, 6.45) is 3.03. The van der Waals surface area contributed by atoms with Gasteiger partial charge in [0, 0.05) is 12.6 Å². The third-order valence-corrected chi connectivity index (χ3v) is 2.31. The highest BCUT2D eigenvalue weighted by atomic mass is 79.9. The summed E-state index contributed by atoms with van der Waals surface area (Å²) in [5.41, 5.74) is 0.963. The first-order chi connectivity index (χ1) is 8.58. The van der Waals surface area contributed by atoms with Crippen molar-refractivity contribution in [2.75, 3.05) is 19.8 Å². The number of furan rings is 1. The van der Waals surface area contributed by atoms with Gasteiger partial charge in [0.2, 0.25) is 5.91 Å². The van der Waals surface area contributed by atoms with E-state index in [0.29, 0.717) is 30.2 Å². The Hall–Kier alpha value is -1.33. The SMILES string of the molecule is C=C(C)COCCNC(=O)/C=C/c1ccc(Br)o1. The molecule has 0 saturated carbocycles. The molecule has 1 aromatic heterocycles. The fourth-order valence-corrected chi connectivity index (χ4v) is 1.45. The molecule has 1 heterocycles. The molecule has 18 heavy (non-hydrogen) atoms. The molecule has 0 aliphatic rings. The number of amides is 1. The Kier molecular flexibility index (Phi) is 6.46. The Bertz CT molecular complexity index is 437. The molecule has 1 aromatic rings. The standard InChI is InChI=1S/C13H16BrNO3/c1-10(2)9-17-8-7-15-13(16)6-4-11-3-5-12(14)18-11/h3-6H,1,7-9H2,2H3,(H,15,16)/b6-4+. The normalized spacial score (nSPS) is 10.8. The lowest BCUT2D eigenvalue weighted by atomic mass is 10.4. The van der Waals surface area contributed by atoms with Gasteiger partial charge in [-0.15, -0.1) is 0 Å². The summed E-state index contributed by atoms with van der Waals surface area (Å²) in [5.74, 6) is 0.442. The molecule has 0 fully saturated rings. The molecule has 1 rings (SSSR count). The summed E-state index contributed by atoms with van der Waals surface area (Å²) in [6.45, 7) is 7.07. The predicted molar refractivity (Wildman–Crippen MR) is 74.1 cm³/mol. The Morgan fingerprint density at radius 1 is 1.61 bits per heavy atom. The van der Waals surface area contributed by atoms with Gasteiger partial charge in [-0.2, -0.15) is 0 Å². The molecule has 1 N–H and O–H groups in total. The molecular weight excluding hydrogens is 298 g/mol. The zero-order valence-corrected chi connectivity index (χ0v) is 11.8. The zero-order valence-electron chi connectivity index (χ0n) is 10.2. The first kappa shape index (κ1) is 14.7. The van der Waals surface area contributed by atoms with Crippen LogP contribution in [0.25, 0.3) is 6.08 Å². The first-order valence-corrected chi connectivity index (χ1v) is 6.30. The van der Waals surface area contributed by atoms with Crippen LogP contribution >= 0.6 is 15.9 Å². The third kappa shape index (κ3) is 6.42. The number of carbonyl (C=O) groups is 1. The van der Waals surface area contributed by atoms with Gasteiger partial charge in [0.05, 0.1) is 13.2 Å². The molecule has 4 nitrogen and oxygen atoms in total. The average molecular weight is 314 g/mol. The van der Waals surface area contributed by atoms with Gasteiger partial charge in [-0.25, -0.2) is 0 Å². The Morgan fingerprint density at radius 3 is 3.00 bits per heavy atom. The number of carbonyl (C=O) groups excluding carboxylic acids is 1. The predicted octanol–water partition coefficient (Wildman–Crippen LogP) is 2.76. The number of nitrogens with one attached hydrogen (secondary N) is 1. The molecule has 0 radical (unpaired) electrons. The van der Waals surface area contributed by atoms with Gasteiger partial charge in [0.15, 0.2) is 4.67 Å². The van der Waals surface area contributed by atoms with E-state index in [1.807, 2.05) is 6.92 Å². The Balaban J connectivity index is 2.17. The van der Waals surface area contributed by atoms with E-state index < -0.39 is 0 Å². The third-order valence-electron chi connectivity index (χ3n) is 1.89. The fourth-order valence-electron chi connectivity index (χ4n) is 1.13. The maximum atomic E-state index is 11.4. The fraction of sp³-hybridized carbons (Fsp3) is 0.308. The Labute approximate surface area is 115 Å². The van der Waals surface area contributed by atoms with Gasteiger partial charge in [-0.05, 0) is 41.1 Å². The number of halogens is 1. The van der Waals surface area contributed by atoms with Crippen molar-refractivity contribution in [3.05, 3.63) is 40.8 Å². The summed E-state index contributed by atoms with van der Waals surface area (Å²) in [7, 11) is 0.